The van der Waals surface area contributed by atoms with Crippen molar-refractivity contribution in [2.24, 2.45) is 0 Å². The number of carboxylic acid groups (broad SMARTS) is 1. The first kappa shape index (κ1) is 12.4. The summed E-state index contributed by atoms with van der Waals surface area (Å²) in [5.74, 6) is -0.868. The van der Waals surface area contributed by atoms with Crippen LogP contribution in [0.15, 0.2) is 48.5 Å². The lowest BCUT2D eigenvalue weighted by Crippen LogP contribution is -1.99. The highest BCUT2D eigenvalue weighted by molar-refractivity contribution is 5.87. The van der Waals surface area contributed by atoms with Gasteiger partial charge in [-0.05, 0) is 48.6 Å². The van der Waals surface area contributed by atoms with Crippen molar-refractivity contribution < 1.29 is 9.90 Å². The molecule has 2 aromatic carbocycles. The SMILES string of the molecule is Cc1ccccc1CCc1cccc(C(=O)O)c1. The van der Waals surface area contributed by atoms with Crippen molar-refractivity contribution in [3.63, 3.8) is 0 Å². The zero-order valence-electron chi connectivity index (χ0n) is 10.4. The fourth-order valence-corrected chi connectivity index (χ4v) is 2.03. The van der Waals surface area contributed by atoms with Crippen molar-refractivity contribution in [1.82, 2.24) is 0 Å². The Morgan fingerprint density at radius 3 is 2.56 bits per heavy atom. The van der Waals surface area contributed by atoms with Crippen LogP contribution < -0.4 is 0 Å². The lowest BCUT2D eigenvalue weighted by Gasteiger charge is -2.06. The lowest BCUT2D eigenvalue weighted by molar-refractivity contribution is 0.0697. The summed E-state index contributed by atoms with van der Waals surface area (Å²) in [4.78, 5) is 10.9. The molecule has 2 heteroatoms. The van der Waals surface area contributed by atoms with E-state index in [2.05, 4.69) is 19.1 Å². The van der Waals surface area contributed by atoms with Gasteiger partial charge in [-0.1, -0.05) is 36.4 Å². The molecule has 0 unspecified atom stereocenters. The van der Waals surface area contributed by atoms with Crippen molar-refractivity contribution in [2.75, 3.05) is 0 Å². The summed E-state index contributed by atoms with van der Waals surface area (Å²) < 4.78 is 0. The molecule has 92 valence electrons. The van der Waals surface area contributed by atoms with Gasteiger partial charge in [0.25, 0.3) is 0 Å². The Kier molecular flexibility index (Phi) is 3.78. The molecule has 0 spiro atoms. The monoisotopic (exact) mass is 240 g/mol. The number of benzene rings is 2. The Balaban J connectivity index is 2.09. The number of hydrogen-bond acceptors (Lipinski definition) is 1. The Labute approximate surface area is 107 Å². The van der Waals surface area contributed by atoms with Crippen LogP contribution in [0.25, 0.3) is 0 Å². The van der Waals surface area contributed by atoms with E-state index in [9.17, 15) is 4.79 Å². The first-order valence-electron chi connectivity index (χ1n) is 6.03. The molecular formula is C16H16O2. The molecule has 0 aliphatic rings. The number of aromatic carboxylic acids is 1. The van der Waals surface area contributed by atoms with Crippen LogP contribution in [-0.4, -0.2) is 11.1 Å². The largest absolute Gasteiger partial charge is 0.478 e. The van der Waals surface area contributed by atoms with Crippen molar-refractivity contribution in [3.05, 3.63) is 70.8 Å². The van der Waals surface area contributed by atoms with E-state index in [1.54, 1.807) is 18.2 Å². The molecule has 2 aromatic rings. The van der Waals surface area contributed by atoms with E-state index in [1.165, 1.54) is 11.1 Å². The van der Waals surface area contributed by atoms with Gasteiger partial charge in [0.05, 0.1) is 5.56 Å². The molecule has 0 saturated heterocycles. The van der Waals surface area contributed by atoms with Gasteiger partial charge in [-0.15, -0.1) is 0 Å². The molecule has 0 amide bonds. The molecule has 0 heterocycles. The van der Waals surface area contributed by atoms with Crippen LogP contribution in [0.3, 0.4) is 0 Å². The summed E-state index contributed by atoms with van der Waals surface area (Å²) in [7, 11) is 0. The Morgan fingerprint density at radius 1 is 1.06 bits per heavy atom. The first-order chi connectivity index (χ1) is 8.66. The molecule has 0 fully saturated rings. The van der Waals surface area contributed by atoms with Gasteiger partial charge in [-0.25, -0.2) is 4.79 Å². The second-order valence-corrected chi connectivity index (χ2v) is 4.43. The van der Waals surface area contributed by atoms with Crippen molar-refractivity contribution in [1.29, 1.82) is 0 Å². The van der Waals surface area contributed by atoms with Gasteiger partial charge < -0.3 is 5.11 Å². The third-order valence-corrected chi connectivity index (χ3v) is 3.12. The number of rotatable bonds is 4. The van der Waals surface area contributed by atoms with E-state index in [4.69, 9.17) is 5.11 Å². The maximum Gasteiger partial charge on any atom is 0.335 e. The maximum absolute atomic E-state index is 10.9. The van der Waals surface area contributed by atoms with Crippen LogP contribution in [0, 0.1) is 6.92 Å². The quantitative estimate of drug-likeness (QED) is 0.888. The standard InChI is InChI=1S/C16H16O2/c1-12-5-2-3-7-14(12)10-9-13-6-4-8-15(11-13)16(17)18/h2-8,11H,9-10H2,1H3,(H,17,18). The van der Waals surface area contributed by atoms with Crippen LogP contribution >= 0.6 is 0 Å². The molecule has 18 heavy (non-hydrogen) atoms. The zero-order chi connectivity index (χ0) is 13.0. The number of hydrogen-bond donors (Lipinski definition) is 1. The van der Waals surface area contributed by atoms with Gasteiger partial charge in [0.2, 0.25) is 0 Å². The number of carbonyl (C=O) groups is 1. The number of carboxylic acids is 1. The highest BCUT2D eigenvalue weighted by Gasteiger charge is 2.04. The van der Waals surface area contributed by atoms with Gasteiger partial charge in [-0.3, -0.25) is 0 Å². The molecule has 0 atom stereocenters. The highest BCUT2D eigenvalue weighted by atomic mass is 16.4. The summed E-state index contributed by atoms with van der Waals surface area (Å²) in [6.45, 7) is 2.10. The van der Waals surface area contributed by atoms with Crippen LogP contribution in [0.1, 0.15) is 27.0 Å². The normalized spacial score (nSPS) is 10.3. The molecule has 1 N–H and O–H groups in total. The summed E-state index contributed by atoms with van der Waals surface area (Å²) >= 11 is 0. The molecule has 2 nitrogen and oxygen atoms in total. The van der Waals surface area contributed by atoms with E-state index in [-0.39, 0.29) is 0 Å². The van der Waals surface area contributed by atoms with Gasteiger partial charge >= 0.3 is 5.97 Å². The van der Waals surface area contributed by atoms with Crippen LogP contribution in [0.2, 0.25) is 0 Å². The summed E-state index contributed by atoms with van der Waals surface area (Å²) in [5, 5.41) is 8.94. The lowest BCUT2D eigenvalue weighted by atomic mass is 10.00. The molecule has 0 aromatic heterocycles. The third kappa shape index (κ3) is 2.98. The van der Waals surface area contributed by atoms with Gasteiger partial charge in [0.15, 0.2) is 0 Å². The van der Waals surface area contributed by atoms with E-state index in [0.29, 0.717) is 5.56 Å². The minimum absolute atomic E-state index is 0.359. The van der Waals surface area contributed by atoms with E-state index in [1.807, 2.05) is 18.2 Å². The van der Waals surface area contributed by atoms with Crippen LogP contribution in [0.5, 0.6) is 0 Å². The topological polar surface area (TPSA) is 37.3 Å². The summed E-state index contributed by atoms with van der Waals surface area (Å²) in [6, 6.07) is 15.4. The molecule has 0 radical (unpaired) electrons. The van der Waals surface area contributed by atoms with Crippen molar-refractivity contribution in [2.45, 2.75) is 19.8 Å². The second kappa shape index (κ2) is 5.50. The fourth-order valence-electron chi connectivity index (χ4n) is 2.03. The summed E-state index contributed by atoms with van der Waals surface area (Å²) in [5.41, 5.74) is 4.03. The van der Waals surface area contributed by atoms with E-state index in [0.717, 1.165) is 18.4 Å². The Hall–Kier alpha value is -2.09. The van der Waals surface area contributed by atoms with Crippen molar-refractivity contribution >= 4 is 5.97 Å². The van der Waals surface area contributed by atoms with Gasteiger partial charge in [-0.2, -0.15) is 0 Å². The Morgan fingerprint density at radius 2 is 1.83 bits per heavy atom. The van der Waals surface area contributed by atoms with Gasteiger partial charge in [0, 0.05) is 0 Å². The van der Waals surface area contributed by atoms with Crippen LogP contribution in [0.4, 0.5) is 0 Å². The number of aryl methyl sites for hydroxylation is 3. The van der Waals surface area contributed by atoms with Crippen LogP contribution in [-0.2, 0) is 12.8 Å². The smallest absolute Gasteiger partial charge is 0.335 e. The minimum atomic E-state index is -0.868. The third-order valence-electron chi connectivity index (χ3n) is 3.12. The maximum atomic E-state index is 10.9. The first-order valence-corrected chi connectivity index (χ1v) is 6.03. The molecule has 0 bridgehead atoms. The zero-order valence-corrected chi connectivity index (χ0v) is 10.4. The average Bonchev–Trinajstić information content (AvgIpc) is 2.38. The minimum Gasteiger partial charge on any atom is -0.478 e. The predicted octanol–water partition coefficient (Wildman–Crippen LogP) is 3.48. The average molecular weight is 240 g/mol. The molecule has 0 aliphatic carbocycles. The van der Waals surface area contributed by atoms with Crippen molar-refractivity contribution in [3.8, 4) is 0 Å². The Bertz CT molecular complexity index is 559. The highest BCUT2D eigenvalue weighted by Crippen LogP contribution is 2.12. The second-order valence-electron chi connectivity index (χ2n) is 4.43. The molecular weight excluding hydrogens is 224 g/mol. The molecule has 0 aliphatic heterocycles. The molecule has 2 rings (SSSR count). The fraction of sp³-hybridized carbons (Fsp3) is 0.188. The van der Waals surface area contributed by atoms with E-state index < -0.39 is 5.97 Å². The predicted molar refractivity (Wildman–Crippen MR) is 72.0 cm³/mol. The summed E-state index contributed by atoms with van der Waals surface area (Å²) in [6.07, 6.45) is 1.81. The molecule has 0 saturated carbocycles. The van der Waals surface area contributed by atoms with Gasteiger partial charge in [0.1, 0.15) is 0 Å². The van der Waals surface area contributed by atoms with E-state index >= 15 is 0 Å².